The molecule has 2 rings (SSSR count). The summed E-state index contributed by atoms with van der Waals surface area (Å²) in [5.74, 6) is 0.668. The second-order valence-corrected chi connectivity index (χ2v) is 3.89. The highest BCUT2D eigenvalue weighted by Crippen LogP contribution is 2.18. The molecule has 1 aromatic heterocycles. The van der Waals surface area contributed by atoms with Crippen LogP contribution in [0.4, 0.5) is 6.01 Å². The molecule has 1 saturated heterocycles. The van der Waals surface area contributed by atoms with E-state index in [4.69, 9.17) is 20.8 Å². The van der Waals surface area contributed by atoms with Gasteiger partial charge in [-0.15, -0.1) is 16.7 Å². The number of rotatable bonds is 4. The number of nitrogens with one attached hydrogen (secondary N) is 1. The molecule has 2 heterocycles. The summed E-state index contributed by atoms with van der Waals surface area (Å²) in [5.41, 5.74) is 0. The first-order valence-electron chi connectivity index (χ1n) is 5.06. The number of hydrogen-bond acceptors (Lipinski definition) is 5. The Hall–Kier alpha value is -0.810. The van der Waals surface area contributed by atoms with E-state index in [2.05, 4.69) is 15.5 Å². The molecule has 0 saturated carbocycles. The fourth-order valence-electron chi connectivity index (χ4n) is 1.65. The Balaban J connectivity index is 1.89. The lowest BCUT2D eigenvalue weighted by molar-refractivity contribution is 0.0989. The van der Waals surface area contributed by atoms with Crippen molar-refractivity contribution in [3.05, 3.63) is 5.89 Å². The van der Waals surface area contributed by atoms with Crippen molar-refractivity contribution in [2.75, 3.05) is 11.9 Å². The van der Waals surface area contributed by atoms with Gasteiger partial charge in [-0.3, -0.25) is 0 Å². The SMILES string of the molecule is CC(Nc1nnc(CCl)o1)C1CCCO1. The molecule has 6 heteroatoms. The molecule has 84 valence electrons. The zero-order chi connectivity index (χ0) is 10.7. The first kappa shape index (κ1) is 10.7. The summed E-state index contributed by atoms with van der Waals surface area (Å²) in [6, 6.07) is 0.588. The van der Waals surface area contributed by atoms with E-state index in [1.807, 2.05) is 6.92 Å². The van der Waals surface area contributed by atoms with Crippen LogP contribution >= 0.6 is 11.6 Å². The summed E-state index contributed by atoms with van der Waals surface area (Å²) < 4.78 is 10.8. The van der Waals surface area contributed by atoms with Crippen molar-refractivity contribution >= 4 is 17.6 Å². The molecular formula is C9H14ClN3O2. The van der Waals surface area contributed by atoms with Gasteiger partial charge in [0.15, 0.2) is 0 Å². The van der Waals surface area contributed by atoms with Crippen LogP contribution in [0.25, 0.3) is 0 Å². The molecule has 2 unspecified atom stereocenters. The molecule has 0 radical (unpaired) electrons. The Morgan fingerprint density at radius 3 is 3.07 bits per heavy atom. The highest BCUT2D eigenvalue weighted by Gasteiger charge is 2.23. The normalized spacial score (nSPS) is 22.9. The number of halogens is 1. The molecule has 0 aromatic carbocycles. The van der Waals surface area contributed by atoms with E-state index in [0.29, 0.717) is 11.9 Å². The molecule has 5 nitrogen and oxygen atoms in total. The Labute approximate surface area is 93.1 Å². The number of aromatic nitrogens is 2. The molecule has 15 heavy (non-hydrogen) atoms. The van der Waals surface area contributed by atoms with Gasteiger partial charge in [-0.2, -0.15) is 0 Å². The number of hydrogen-bond donors (Lipinski definition) is 1. The van der Waals surface area contributed by atoms with E-state index in [1.165, 1.54) is 0 Å². The molecule has 0 spiro atoms. The van der Waals surface area contributed by atoms with Gasteiger partial charge in [0.2, 0.25) is 5.89 Å². The average molecular weight is 232 g/mol. The van der Waals surface area contributed by atoms with Crippen LogP contribution in [0.5, 0.6) is 0 Å². The van der Waals surface area contributed by atoms with E-state index in [1.54, 1.807) is 0 Å². The molecule has 0 aliphatic carbocycles. The van der Waals surface area contributed by atoms with Gasteiger partial charge in [0.05, 0.1) is 12.1 Å². The highest BCUT2D eigenvalue weighted by molar-refractivity contribution is 6.16. The maximum atomic E-state index is 5.56. The maximum absolute atomic E-state index is 5.56. The lowest BCUT2D eigenvalue weighted by Gasteiger charge is -2.18. The number of alkyl halides is 1. The van der Waals surface area contributed by atoms with Crippen molar-refractivity contribution in [3.63, 3.8) is 0 Å². The maximum Gasteiger partial charge on any atom is 0.315 e. The molecule has 1 aromatic rings. The Morgan fingerprint density at radius 1 is 1.60 bits per heavy atom. The first-order valence-corrected chi connectivity index (χ1v) is 5.59. The summed E-state index contributed by atoms with van der Waals surface area (Å²) in [6.45, 7) is 2.88. The van der Waals surface area contributed by atoms with Gasteiger partial charge in [-0.05, 0) is 19.8 Å². The third kappa shape index (κ3) is 2.60. The van der Waals surface area contributed by atoms with Crippen molar-refractivity contribution < 1.29 is 9.15 Å². The van der Waals surface area contributed by atoms with Gasteiger partial charge >= 0.3 is 6.01 Å². The lowest BCUT2D eigenvalue weighted by atomic mass is 10.1. The Kier molecular flexibility index (Phi) is 3.43. The minimum Gasteiger partial charge on any atom is -0.407 e. The molecule has 1 aliphatic rings. The summed E-state index contributed by atoms with van der Waals surface area (Å²) in [4.78, 5) is 0. The van der Waals surface area contributed by atoms with Crippen LogP contribution in [0.1, 0.15) is 25.7 Å². The summed E-state index contributed by atoms with van der Waals surface area (Å²) in [7, 11) is 0. The van der Waals surface area contributed by atoms with Crippen molar-refractivity contribution in [2.24, 2.45) is 0 Å². The van der Waals surface area contributed by atoms with Gasteiger partial charge in [0.25, 0.3) is 0 Å². The van der Waals surface area contributed by atoms with Crippen LogP contribution in [-0.2, 0) is 10.6 Å². The summed E-state index contributed by atoms with van der Waals surface area (Å²) in [5, 5.41) is 10.7. The third-order valence-electron chi connectivity index (χ3n) is 2.45. The smallest absolute Gasteiger partial charge is 0.315 e. The largest absolute Gasteiger partial charge is 0.407 e. The molecule has 1 fully saturated rings. The quantitative estimate of drug-likeness (QED) is 0.801. The van der Waals surface area contributed by atoms with Gasteiger partial charge in [0, 0.05) is 6.61 Å². The van der Waals surface area contributed by atoms with E-state index >= 15 is 0 Å². The van der Waals surface area contributed by atoms with Crippen LogP contribution in [0.15, 0.2) is 4.42 Å². The predicted octanol–water partition coefficient (Wildman–Crippen LogP) is 1.79. The monoisotopic (exact) mass is 231 g/mol. The van der Waals surface area contributed by atoms with Gasteiger partial charge in [-0.1, -0.05) is 5.10 Å². The van der Waals surface area contributed by atoms with Crippen molar-refractivity contribution in [1.29, 1.82) is 0 Å². The minimum absolute atomic E-state index is 0.177. The average Bonchev–Trinajstić information content (AvgIpc) is 2.87. The van der Waals surface area contributed by atoms with Gasteiger partial charge in [0.1, 0.15) is 5.88 Å². The number of anilines is 1. The van der Waals surface area contributed by atoms with Crippen LogP contribution in [-0.4, -0.2) is 29.0 Å². The zero-order valence-electron chi connectivity index (χ0n) is 8.57. The lowest BCUT2D eigenvalue weighted by Crippen LogP contribution is -2.30. The van der Waals surface area contributed by atoms with E-state index in [0.717, 1.165) is 19.4 Å². The van der Waals surface area contributed by atoms with Crippen molar-refractivity contribution in [2.45, 2.75) is 37.8 Å². The molecule has 1 N–H and O–H groups in total. The number of nitrogens with zero attached hydrogens (tertiary/aromatic N) is 2. The summed E-state index contributed by atoms with van der Waals surface area (Å²) in [6.07, 6.45) is 2.43. The molecular weight excluding hydrogens is 218 g/mol. The second-order valence-electron chi connectivity index (χ2n) is 3.62. The van der Waals surface area contributed by atoms with Crippen molar-refractivity contribution in [1.82, 2.24) is 10.2 Å². The predicted molar refractivity (Wildman–Crippen MR) is 55.9 cm³/mol. The molecule has 0 amide bonds. The van der Waals surface area contributed by atoms with E-state index in [-0.39, 0.29) is 18.0 Å². The molecule has 1 aliphatic heterocycles. The van der Waals surface area contributed by atoms with Gasteiger partial charge < -0.3 is 14.5 Å². The topological polar surface area (TPSA) is 60.2 Å². The van der Waals surface area contributed by atoms with Crippen LogP contribution in [0.3, 0.4) is 0 Å². The highest BCUT2D eigenvalue weighted by atomic mass is 35.5. The minimum atomic E-state index is 0.177. The van der Waals surface area contributed by atoms with Crippen molar-refractivity contribution in [3.8, 4) is 0 Å². The van der Waals surface area contributed by atoms with Crippen LogP contribution in [0, 0.1) is 0 Å². The van der Waals surface area contributed by atoms with Crippen LogP contribution < -0.4 is 5.32 Å². The van der Waals surface area contributed by atoms with E-state index in [9.17, 15) is 0 Å². The Morgan fingerprint density at radius 2 is 2.47 bits per heavy atom. The standard InChI is InChI=1S/C9H14ClN3O2/c1-6(7-3-2-4-14-7)11-9-13-12-8(5-10)15-9/h6-7H,2-5H2,1H3,(H,11,13). The fraction of sp³-hybridized carbons (Fsp3) is 0.778. The summed E-state index contributed by atoms with van der Waals surface area (Å²) >= 11 is 5.56. The fourth-order valence-corrected chi connectivity index (χ4v) is 1.76. The number of ether oxygens (including phenoxy) is 1. The van der Waals surface area contributed by atoms with Crippen LogP contribution in [0.2, 0.25) is 0 Å². The zero-order valence-corrected chi connectivity index (χ0v) is 9.33. The Bertz CT molecular complexity index is 312. The third-order valence-corrected chi connectivity index (χ3v) is 2.68. The second kappa shape index (κ2) is 4.81. The van der Waals surface area contributed by atoms with E-state index < -0.39 is 0 Å². The molecule has 2 atom stereocenters. The molecule has 0 bridgehead atoms. The first-order chi connectivity index (χ1) is 7.29. The van der Waals surface area contributed by atoms with Gasteiger partial charge in [-0.25, -0.2) is 0 Å².